The van der Waals surface area contributed by atoms with Gasteiger partial charge in [0, 0.05) is 11.3 Å². The Bertz CT molecular complexity index is 284. The molecule has 0 aliphatic rings. The van der Waals surface area contributed by atoms with Gasteiger partial charge in [-0.2, -0.15) is 0 Å². The number of carboxylic acid groups (broad SMARTS) is 1. The largest absolute Gasteiger partial charge is 0.479 e. The predicted molar refractivity (Wildman–Crippen MR) is 46.7 cm³/mol. The molecule has 0 fully saturated rings. The van der Waals surface area contributed by atoms with Gasteiger partial charge in [-0.1, -0.05) is 11.6 Å². The van der Waals surface area contributed by atoms with Crippen LogP contribution >= 0.6 is 22.9 Å². The summed E-state index contributed by atoms with van der Waals surface area (Å²) in [4.78, 5) is 11.0. The lowest BCUT2D eigenvalue weighted by atomic mass is 10.2. The summed E-state index contributed by atoms with van der Waals surface area (Å²) < 4.78 is 0.600. The Labute approximate surface area is 78.2 Å². The number of halogens is 1. The van der Waals surface area contributed by atoms with Crippen molar-refractivity contribution in [1.82, 2.24) is 0 Å². The zero-order chi connectivity index (χ0) is 9.14. The fourth-order valence-corrected chi connectivity index (χ4v) is 1.86. The number of thiophene rings is 1. The smallest absolute Gasteiger partial charge is 0.332 e. The molecule has 0 saturated carbocycles. The third kappa shape index (κ3) is 2.48. The molecule has 0 aliphatic carbocycles. The van der Waals surface area contributed by atoms with Gasteiger partial charge in [-0.3, -0.25) is 0 Å². The van der Waals surface area contributed by atoms with E-state index >= 15 is 0 Å². The number of aliphatic hydroxyl groups is 1. The van der Waals surface area contributed by atoms with E-state index < -0.39 is 12.1 Å². The molecule has 0 aromatic carbocycles. The molecule has 12 heavy (non-hydrogen) atoms. The topological polar surface area (TPSA) is 57.5 Å². The normalized spacial score (nSPS) is 12.8. The Kier molecular flexibility index (Phi) is 3.08. The molecule has 1 atom stereocenters. The number of carbonyl (C=O) groups is 1. The molecule has 0 saturated heterocycles. The summed E-state index contributed by atoms with van der Waals surface area (Å²) in [6, 6.07) is 3.38. The van der Waals surface area contributed by atoms with E-state index in [0.29, 0.717) is 4.34 Å². The van der Waals surface area contributed by atoms with Gasteiger partial charge in [-0.05, 0) is 12.1 Å². The van der Waals surface area contributed by atoms with Gasteiger partial charge in [-0.15, -0.1) is 11.3 Å². The molecule has 0 aliphatic heterocycles. The molecule has 2 N–H and O–H groups in total. The summed E-state index contributed by atoms with van der Waals surface area (Å²) >= 11 is 6.89. The van der Waals surface area contributed by atoms with E-state index in [0.717, 1.165) is 4.88 Å². The van der Waals surface area contributed by atoms with Crippen LogP contribution in [0.5, 0.6) is 0 Å². The van der Waals surface area contributed by atoms with E-state index in [1.54, 1.807) is 12.1 Å². The molecule has 1 rings (SSSR count). The van der Waals surface area contributed by atoms with Crippen molar-refractivity contribution in [3.63, 3.8) is 0 Å². The van der Waals surface area contributed by atoms with Crippen LogP contribution in [0.3, 0.4) is 0 Å². The first-order valence-corrected chi connectivity index (χ1v) is 4.44. The highest BCUT2D eigenvalue weighted by Crippen LogP contribution is 2.22. The first kappa shape index (κ1) is 9.51. The molecule has 0 unspecified atom stereocenters. The lowest BCUT2D eigenvalue weighted by molar-refractivity contribution is -0.146. The Hall–Kier alpha value is -0.580. The number of rotatable bonds is 3. The monoisotopic (exact) mass is 206 g/mol. The van der Waals surface area contributed by atoms with Crippen molar-refractivity contribution in [2.24, 2.45) is 0 Å². The van der Waals surface area contributed by atoms with Crippen LogP contribution in [0.2, 0.25) is 4.34 Å². The fourth-order valence-electron chi connectivity index (χ4n) is 0.739. The van der Waals surface area contributed by atoms with Crippen molar-refractivity contribution in [1.29, 1.82) is 0 Å². The minimum Gasteiger partial charge on any atom is -0.479 e. The zero-order valence-electron chi connectivity index (χ0n) is 6.03. The Morgan fingerprint density at radius 1 is 1.67 bits per heavy atom. The molecule has 0 radical (unpaired) electrons. The lowest BCUT2D eigenvalue weighted by Crippen LogP contribution is -2.21. The average Bonchev–Trinajstić information content (AvgIpc) is 2.35. The SMILES string of the molecule is O=C(O)[C@@H](O)Cc1ccc(Cl)s1. The second-order valence-corrected chi connectivity index (χ2v) is 4.06. The van der Waals surface area contributed by atoms with E-state index in [1.807, 2.05) is 0 Å². The number of hydrogen-bond donors (Lipinski definition) is 2. The van der Waals surface area contributed by atoms with Crippen LogP contribution in [0.1, 0.15) is 4.88 Å². The third-order valence-corrected chi connectivity index (χ3v) is 2.56. The maximum absolute atomic E-state index is 10.2. The Morgan fingerprint density at radius 2 is 2.33 bits per heavy atom. The average molecular weight is 207 g/mol. The van der Waals surface area contributed by atoms with Gasteiger partial charge >= 0.3 is 5.97 Å². The van der Waals surface area contributed by atoms with E-state index in [-0.39, 0.29) is 6.42 Å². The molecule has 0 bridgehead atoms. The van der Waals surface area contributed by atoms with E-state index in [9.17, 15) is 4.79 Å². The first-order valence-electron chi connectivity index (χ1n) is 3.24. The van der Waals surface area contributed by atoms with Gasteiger partial charge in [0.2, 0.25) is 0 Å². The van der Waals surface area contributed by atoms with Gasteiger partial charge < -0.3 is 10.2 Å². The van der Waals surface area contributed by atoms with Crippen LogP contribution in [0.25, 0.3) is 0 Å². The predicted octanol–water partition coefficient (Wildman–Crippen LogP) is 1.39. The van der Waals surface area contributed by atoms with Crippen LogP contribution in [-0.4, -0.2) is 22.3 Å². The van der Waals surface area contributed by atoms with Crippen LogP contribution in [-0.2, 0) is 11.2 Å². The number of carboxylic acids is 1. The number of aliphatic hydroxyl groups excluding tert-OH is 1. The van der Waals surface area contributed by atoms with Crippen LogP contribution in [0, 0.1) is 0 Å². The van der Waals surface area contributed by atoms with Crippen molar-refractivity contribution < 1.29 is 15.0 Å². The maximum Gasteiger partial charge on any atom is 0.332 e. The summed E-state index contributed by atoms with van der Waals surface area (Å²) in [6.45, 7) is 0. The second kappa shape index (κ2) is 3.89. The van der Waals surface area contributed by atoms with Gasteiger partial charge in [-0.25, -0.2) is 4.79 Å². The van der Waals surface area contributed by atoms with Gasteiger partial charge in [0.15, 0.2) is 6.10 Å². The lowest BCUT2D eigenvalue weighted by Gasteiger charge is -2.01. The molecule has 66 valence electrons. The molecular weight excluding hydrogens is 200 g/mol. The molecular formula is C7H7ClO3S. The molecule has 1 heterocycles. The summed E-state index contributed by atoms with van der Waals surface area (Å²) in [6.07, 6.45) is -1.22. The summed E-state index contributed by atoms with van der Waals surface area (Å²) in [7, 11) is 0. The van der Waals surface area contributed by atoms with E-state index in [2.05, 4.69) is 0 Å². The maximum atomic E-state index is 10.2. The Balaban J connectivity index is 2.58. The minimum absolute atomic E-state index is 0.118. The second-order valence-electron chi connectivity index (χ2n) is 2.26. The van der Waals surface area contributed by atoms with Crippen LogP contribution < -0.4 is 0 Å². The van der Waals surface area contributed by atoms with Gasteiger partial charge in [0.1, 0.15) is 0 Å². The highest BCUT2D eigenvalue weighted by atomic mass is 35.5. The van der Waals surface area contributed by atoms with Crippen molar-refractivity contribution in [2.45, 2.75) is 12.5 Å². The van der Waals surface area contributed by atoms with E-state index in [1.165, 1.54) is 11.3 Å². The Morgan fingerprint density at radius 3 is 2.75 bits per heavy atom. The quantitative estimate of drug-likeness (QED) is 0.786. The molecule has 1 aromatic heterocycles. The molecule has 3 nitrogen and oxygen atoms in total. The molecule has 0 amide bonds. The highest BCUT2D eigenvalue weighted by molar-refractivity contribution is 7.16. The van der Waals surface area contributed by atoms with Crippen molar-refractivity contribution in [3.05, 3.63) is 21.3 Å². The fraction of sp³-hybridized carbons (Fsp3) is 0.286. The van der Waals surface area contributed by atoms with Crippen molar-refractivity contribution in [3.8, 4) is 0 Å². The summed E-state index contributed by atoms with van der Waals surface area (Å²) in [5.74, 6) is -1.21. The van der Waals surface area contributed by atoms with Crippen molar-refractivity contribution in [2.75, 3.05) is 0 Å². The number of aliphatic carboxylic acids is 1. The zero-order valence-corrected chi connectivity index (χ0v) is 7.60. The standard InChI is InChI=1S/C7H7ClO3S/c8-6-2-1-4(12-6)3-5(9)7(10)11/h1-2,5,9H,3H2,(H,10,11)/t5-/m0/s1. The number of hydrogen-bond acceptors (Lipinski definition) is 3. The first-order chi connectivity index (χ1) is 5.59. The van der Waals surface area contributed by atoms with Gasteiger partial charge in [0.25, 0.3) is 0 Å². The van der Waals surface area contributed by atoms with Gasteiger partial charge in [0.05, 0.1) is 4.34 Å². The van der Waals surface area contributed by atoms with Crippen LogP contribution in [0.4, 0.5) is 0 Å². The summed E-state index contributed by atoms with van der Waals surface area (Å²) in [5.41, 5.74) is 0. The van der Waals surface area contributed by atoms with Crippen LogP contribution in [0.15, 0.2) is 12.1 Å². The van der Waals surface area contributed by atoms with E-state index in [4.69, 9.17) is 21.8 Å². The molecule has 0 spiro atoms. The molecule has 5 heteroatoms. The van der Waals surface area contributed by atoms with Crippen molar-refractivity contribution >= 4 is 28.9 Å². The summed E-state index contributed by atoms with van der Waals surface area (Å²) in [5, 5.41) is 17.3. The third-order valence-electron chi connectivity index (χ3n) is 1.31. The molecule has 1 aromatic rings. The highest BCUT2D eigenvalue weighted by Gasteiger charge is 2.14. The minimum atomic E-state index is -1.33.